The second-order valence-corrected chi connectivity index (χ2v) is 8.88. The first-order valence-electron chi connectivity index (χ1n) is 9.87. The number of methoxy groups -OCH3 is 1. The molecule has 1 aliphatic rings. The van der Waals surface area contributed by atoms with Gasteiger partial charge in [0.25, 0.3) is 0 Å². The van der Waals surface area contributed by atoms with Crippen LogP contribution in [0, 0.1) is 12.8 Å². The number of ether oxygens (including phenoxy) is 2. The molecule has 1 fully saturated rings. The Kier molecular flexibility index (Phi) is 9.47. The van der Waals surface area contributed by atoms with Gasteiger partial charge in [0.15, 0.2) is 0 Å². The van der Waals surface area contributed by atoms with Gasteiger partial charge in [-0.2, -0.15) is 0 Å². The van der Waals surface area contributed by atoms with Gasteiger partial charge in [-0.05, 0) is 24.6 Å². The third kappa shape index (κ3) is 6.20. The van der Waals surface area contributed by atoms with E-state index >= 15 is 0 Å². The van der Waals surface area contributed by atoms with E-state index in [0.29, 0.717) is 4.90 Å². The van der Waals surface area contributed by atoms with E-state index < -0.39 is 60.2 Å². The van der Waals surface area contributed by atoms with Crippen LogP contribution in [0.2, 0.25) is 0 Å². The maximum absolute atomic E-state index is 12.8. The summed E-state index contributed by atoms with van der Waals surface area (Å²) in [6.45, 7) is 0.615. The quantitative estimate of drug-likeness (QED) is 0.166. The molecule has 1 heterocycles. The van der Waals surface area contributed by atoms with Crippen LogP contribution in [0.5, 0.6) is 0 Å². The fraction of sp³-hybridized carbons (Fsp3) is 0.600. The van der Waals surface area contributed by atoms with Crippen molar-refractivity contribution in [3.05, 3.63) is 40.3 Å². The zero-order valence-corrected chi connectivity index (χ0v) is 18.5. The highest BCUT2D eigenvalue weighted by molar-refractivity contribution is 8.01. The number of hydrogen-bond donors (Lipinski definition) is 4. The SMILES string of the molecule is COC(=O)[C@@]1(Sc2ccc(C)cc2)C[C@@H](O)[C@@H](CC(=O)CN=[N+]=[N-])C([C@H](O)[C@H](O)CO)O1. The van der Waals surface area contributed by atoms with Crippen molar-refractivity contribution in [1.29, 1.82) is 0 Å². The molecule has 6 atom stereocenters. The van der Waals surface area contributed by atoms with Crippen molar-refractivity contribution in [1.82, 2.24) is 0 Å². The Morgan fingerprint density at radius 1 is 1.38 bits per heavy atom. The smallest absolute Gasteiger partial charge is 0.349 e. The summed E-state index contributed by atoms with van der Waals surface area (Å²) in [6, 6.07) is 7.16. The van der Waals surface area contributed by atoms with Crippen molar-refractivity contribution in [2.75, 3.05) is 20.3 Å². The fourth-order valence-corrected chi connectivity index (χ4v) is 4.76. The molecule has 1 aliphatic heterocycles. The Morgan fingerprint density at radius 2 is 2.03 bits per heavy atom. The van der Waals surface area contributed by atoms with E-state index in [1.807, 2.05) is 19.1 Å². The Morgan fingerprint density at radius 3 is 2.59 bits per heavy atom. The number of carbonyl (C=O) groups is 2. The molecular formula is C20H27N3O8S. The summed E-state index contributed by atoms with van der Waals surface area (Å²) >= 11 is 0.969. The van der Waals surface area contributed by atoms with Gasteiger partial charge in [0.1, 0.15) is 18.0 Å². The lowest BCUT2D eigenvalue weighted by molar-refractivity contribution is -0.217. The van der Waals surface area contributed by atoms with E-state index in [1.54, 1.807) is 12.1 Å². The molecule has 1 saturated heterocycles. The molecule has 4 N–H and O–H groups in total. The van der Waals surface area contributed by atoms with Crippen LogP contribution in [0.25, 0.3) is 10.4 Å². The Hall–Kier alpha value is -2.18. The number of rotatable bonds is 10. The maximum Gasteiger partial charge on any atom is 0.349 e. The fourth-order valence-electron chi connectivity index (χ4n) is 3.53. The van der Waals surface area contributed by atoms with Gasteiger partial charge >= 0.3 is 5.97 Å². The van der Waals surface area contributed by atoms with Crippen LogP contribution >= 0.6 is 11.8 Å². The standard InChI is InChI=1S/C20H27N3O8S/c1-11-3-5-13(6-4-11)32-20(19(29)30-2)8-15(26)14(7-12(25)9-22-23-21)18(31-20)17(28)16(27)10-24/h3-6,14-18,24,26-28H,7-10H2,1-2H3/t14-,15-,16-,17-,18?,20+/m1/s1. The first-order valence-corrected chi connectivity index (χ1v) is 10.7. The van der Waals surface area contributed by atoms with Crippen LogP contribution in [-0.2, 0) is 19.1 Å². The number of esters is 1. The number of thioether (sulfide) groups is 1. The van der Waals surface area contributed by atoms with E-state index in [-0.39, 0.29) is 12.8 Å². The first-order chi connectivity index (χ1) is 15.2. The number of aryl methyl sites for hydroxylation is 1. The third-order valence-electron chi connectivity index (χ3n) is 5.21. The summed E-state index contributed by atoms with van der Waals surface area (Å²) < 4.78 is 10.9. The normalized spacial score (nSPS) is 27.1. The molecule has 176 valence electrons. The number of aliphatic hydroxyl groups excluding tert-OH is 4. The van der Waals surface area contributed by atoms with Gasteiger partial charge < -0.3 is 29.9 Å². The van der Waals surface area contributed by atoms with E-state index in [2.05, 4.69) is 10.0 Å². The highest BCUT2D eigenvalue weighted by Gasteiger charge is 2.55. The summed E-state index contributed by atoms with van der Waals surface area (Å²) in [5.74, 6) is -2.39. The number of hydrogen-bond acceptors (Lipinski definition) is 10. The van der Waals surface area contributed by atoms with E-state index in [0.717, 1.165) is 24.4 Å². The van der Waals surface area contributed by atoms with Crippen LogP contribution in [0.3, 0.4) is 0 Å². The molecule has 0 aliphatic carbocycles. The molecular weight excluding hydrogens is 442 g/mol. The Bertz CT molecular complexity index is 848. The molecule has 32 heavy (non-hydrogen) atoms. The average Bonchev–Trinajstić information content (AvgIpc) is 2.79. The molecule has 11 nitrogen and oxygen atoms in total. The number of ketones is 1. The first kappa shape index (κ1) is 26.1. The Labute approximate surface area is 189 Å². The topological polar surface area (TPSA) is 182 Å². The van der Waals surface area contributed by atoms with E-state index in [1.165, 1.54) is 0 Å². The summed E-state index contributed by atoms with van der Waals surface area (Å²) in [5, 5.41) is 44.0. The summed E-state index contributed by atoms with van der Waals surface area (Å²) in [5.41, 5.74) is 9.40. The highest BCUT2D eigenvalue weighted by atomic mass is 32.2. The molecule has 0 radical (unpaired) electrons. The molecule has 0 amide bonds. The largest absolute Gasteiger partial charge is 0.466 e. The predicted molar refractivity (Wildman–Crippen MR) is 114 cm³/mol. The molecule has 1 aromatic rings. The van der Waals surface area contributed by atoms with Crippen LogP contribution < -0.4 is 0 Å². The van der Waals surface area contributed by atoms with Crippen molar-refractivity contribution < 1.29 is 39.5 Å². The van der Waals surface area contributed by atoms with Gasteiger partial charge in [0.2, 0.25) is 4.93 Å². The lowest BCUT2D eigenvalue weighted by Crippen LogP contribution is -2.60. The minimum atomic E-state index is -1.78. The van der Waals surface area contributed by atoms with E-state index in [4.69, 9.17) is 15.0 Å². The number of aliphatic hydroxyl groups is 4. The summed E-state index contributed by atoms with van der Waals surface area (Å²) in [6.07, 6.45) is -6.72. The second kappa shape index (κ2) is 11.6. The highest BCUT2D eigenvalue weighted by Crippen LogP contribution is 2.46. The zero-order valence-electron chi connectivity index (χ0n) is 17.7. The van der Waals surface area contributed by atoms with Gasteiger partial charge in [0.05, 0.1) is 32.5 Å². The van der Waals surface area contributed by atoms with Crippen LogP contribution in [0.1, 0.15) is 18.4 Å². The molecule has 0 spiro atoms. The average molecular weight is 470 g/mol. The van der Waals surface area contributed by atoms with Gasteiger partial charge in [0, 0.05) is 28.6 Å². The minimum absolute atomic E-state index is 0.268. The zero-order chi connectivity index (χ0) is 23.9. The molecule has 0 aromatic heterocycles. The van der Waals surface area contributed by atoms with Crippen molar-refractivity contribution >= 4 is 23.5 Å². The Balaban J connectivity index is 2.42. The van der Waals surface area contributed by atoms with Gasteiger partial charge in [-0.1, -0.05) is 34.6 Å². The van der Waals surface area contributed by atoms with Gasteiger partial charge in [-0.25, -0.2) is 4.79 Å². The minimum Gasteiger partial charge on any atom is -0.466 e. The number of carbonyl (C=O) groups excluding carboxylic acids is 2. The maximum atomic E-state index is 12.8. The van der Waals surface area contributed by atoms with E-state index in [9.17, 15) is 30.0 Å². The summed E-state index contributed by atoms with van der Waals surface area (Å²) in [4.78, 5) is 26.3. The van der Waals surface area contributed by atoms with Crippen LogP contribution in [-0.4, -0.2) is 81.8 Å². The van der Waals surface area contributed by atoms with Crippen molar-refractivity contribution in [3.8, 4) is 0 Å². The predicted octanol–water partition coefficient (Wildman–Crippen LogP) is 0.706. The summed E-state index contributed by atoms with van der Waals surface area (Å²) in [7, 11) is 1.15. The number of nitrogens with zero attached hydrogens (tertiary/aromatic N) is 3. The van der Waals surface area contributed by atoms with Crippen molar-refractivity contribution in [3.63, 3.8) is 0 Å². The van der Waals surface area contributed by atoms with Crippen LogP contribution in [0.15, 0.2) is 34.3 Å². The number of azide groups is 1. The van der Waals surface area contributed by atoms with Crippen molar-refractivity contribution in [2.45, 2.75) is 54.0 Å². The third-order valence-corrected chi connectivity index (χ3v) is 6.48. The molecule has 1 unspecified atom stereocenters. The van der Waals surface area contributed by atoms with Crippen molar-refractivity contribution in [2.24, 2.45) is 11.0 Å². The molecule has 2 rings (SSSR count). The molecule has 0 saturated carbocycles. The second-order valence-electron chi connectivity index (χ2n) is 7.55. The number of benzene rings is 1. The lowest BCUT2D eigenvalue weighted by atomic mass is 9.81. The molecule has 1 aromatic carbocycles. The van der Waals surface area contributed by atoms with Gasteiger partial charge in [-0.3, -0.25) is 4.79 Å². The molecule has 12 heteroatoms. The monoisotopic (exact) mass is 469 g/mol. The molecule has 0 bridgehead atoms. The number of Topliss-reactive ketones (excluding diaryl/α,β-unsaturated/α-hetero) is 1. The lowest BCUT2D eigenvalue weighted by Gasteiger charge is -2.47. The van der Waals surface area contributed by atoms with Crippen LogP contribution in [0.4, 0.5) is 0 Å². The van der Waals surface area contributed by atoms with Gasteiger partial charge in [-0.15, -0.1) is 0 Å².